The molecule has 0 heterocycles. The molecule has 0 bridgehead atoms. The molecule has 0 aliphatic rings. The van der Waals surface area contributed by atoms with Crippen LogP contribution in [0.3, 0.4) is 0 Å². The molecule has 3 nitrogen and oxygen atoms in total. The lowest BCUT2D eigenvalue weighted by atomic mass is 9.97. The van der Waals surface area contributed by atoms with Crippen molar-refractivity contribution >= 4 is 5.69 Å². The Balaban J connectivity index is 2.45. The number of hydrogen-bond acceptors (Lipinski definition) is 3. The molecule has 3 heteroatoms. The molecule has 18 heavy (non-hydrogen) atoms. The largest absolute Gasteiger partial charge is 0.399 e. The van der Waals surface area contributed by atoms with E-state index in [0.29, 0.717) is 12.5 Å². The zero-order valence-electron chi connectivity index (χ0n) is 11.2. The lowest BCUT2D eigenvalue weighted by molar-refractivity contribution is 0.204. The van der Waals surface area contributed by atoms with Gasteiger partial charge in [-0.3, -0.25) is 4.90 Å². The monoisotopic (exact) mass is 248 g/mol. The van der Waals surface area contributed by atoms with E-state index in [4.69, 9.17) is 10.8 Å². The second-order valence-electron chi connectivity index (χ2n) is 4.67. The maximum Gasteiger partial charge on any atom is 0.0558 e. The van der Waals surface area contributed by atoms with Crippen LogP contribution in [-0.2, 0) is 0 Å². The van der Waals surface area contributed by atoms with Crippen LogP contribution in [0.25, 0.3) is 0 Å². The summed E-state index contributed by atoms with van der Waals surface area (Å²) >= 11 is 0. The van der Waals surface area contributed by atoms with E-state index >= 15 is 0 Å². The van der Waals surface area contributed by atoms with Crippen LogP contribution in [0.1, 0.15) is 24.8 Å². The third-order valence-corrected chi connectivity index (χ3v) is 3.19. The van der Waals surface area contributed by atoms with Crippen LogP contribution < -0.4 is 5.73 Å². The molecule has 1 aromatic rings. The van der Waals surface area contributed by atoms with Crippen LogP contribution >= 0.6 is 0 Å². The summed E-state index contributed by atoms with van der Waals surface area (Å²) in [7, 11) is 0. The molecule has 0 saturated carbocycles. The van der Waals surface area contributed by atoms with Crippen molar-refractivity contribution in [1.82, 2.24) is 4.90 Å². The van der Waals surface area contributed by atoms with Crippen molar-refractivity contribution in [2.45, 2.75) is 19.3 Å². The van der Waals surface area contributed by atoms with Gasteiger partial charge in [0.15, 0.2) is 0 Å². The summed E-state index contributed by atoms with van der Waals surface area (Å²) in [5, 5.41) is 8.99. The lowest BCUT2D eigenvalue weighted by Crippen LogP contribution is -2.28. The van der Waals surface area contributed by atoms with E-state index in [0.717, 1.165) is 25.2 Å². The van der Waals surface area contributed by atoms with Gasteiger partial charge in [-0.15, -0.1) is 6.58 Å². The number of nitrogens with two attached hydrogens (primary N) is 1. The first-order valence-electron chi connectivity index (χ1n) is 6.47. The fourth-order valence-electron chi connectivity index (χ4n) is 1.99. The Hall–Kier alpha value is -1.32. The highest BCUT2D eigenvalue weighted by molar-refractivity contribution is 5.40. The molecule has 0 radical (unpaired) electrons. The summed E-state index contributed by atoms with van der Waals surface area (Å²) in [6.45, 7) is 8.67. The Bertz CT molecular complexity index is 348. The van der Waals surface area contributed by atoms with Crippen molar-refractivity contribution in [1.29, 1.82) is 0 Å². The van der Waals surface area contributed by atoms with Crippen molar-refractivity contribution in [3.63, 3.8) is 0 Å². The standard InChI is InChI=1S/C15H24N2O/c1-3-9-17(11-12-18)10-8-13(2)14-4-6-15(16)7-5-14/h3-7,13,18H,1,8-12,16H2,2H3. The van der Waals surface area contributed by atoms with Crippen LogP contribution in [-0.4, -0.2) is 36.2 Å². The first-order chi connectivity index (χ1) is 8.67. The maximum absolute atomic E-state index is 8.99. The Labute approximate surface area is 110 Å². The van der Waals surface area contributed by atoms with Crippen molar-refractivity contribution in [2.24, 2.45) is 0 Å². The summed E-state index contributed by atoms with van der Waals surface area (Å²) in [4.78, 5) is 2.21. The minimum atomic E-state index is 0.199. The number of nitrogen functional groups attached to an aromatic ring is 1. The Morgan fingerprint density at radius 1 is 1.33 bits per heavy atom. The number of benzene rings is 1. The summed E-state index contributed by atoms with van der Waals surface area (Å²) in [5.74, 6) is 0.497. The fourth-order valence-corrected chi connectivity index (χ4v) is 1.99. The molecule has 0 aromatic heterocycles. The highest BCUT2D eigenvalue weighted by Gasteiger charge is 2.08. The van der Waals surface area contributed by atoms with Crippen molar-refractivity contribution in [3.8, 4) is 0 Å². The molecule has 0 spiro atoms. The van der Waals surface area contributed by atoms with Crippen molar-refractivity contribution in [2.75, 3.05) is 32.0 Å². The van der Waals surface area contributed by atoms with Crippen LogP contribution in [0.4, 0.5) is 5.69 Å². The number of aliphatic hydroxyl groups is 1. The average Bonchev–Trinajstić information content (AvgIpc) is 2.37. The van der Waals surface area contributed by atoms with Gasteiger partial charge in [-0.1, -0.05) is 25.1 Å². The fraction of sp³-hybridized carbons (Fsp3) is 0.467. The Kier molecular flexibility index (Phi) is 6.47. The van der Waals surface area contributed by atoms with Gasteiger partial charge in [0.25, 0.3) is 0 Å². The molecule has 1 aromatic carbocycles. The maximum atomic E-state index is 8.99. The minimum Gasteiger partial charge on any atom is -0.399 e. The second kappa shape index (κ2) is 7.90. The smallest absolute Gasteiger partial charge is 0.0558 e. The van der Waals surface area contributed by atoms with Gasteiger partial charge in [-0.2, -0.15) is 0 Å². The first-order valence-corrected chi connectivity index (χ1v) is 6.47. The lowest BCUT2D eigenvalue weighted by Gasteiger charge is -2.21. The summed E-state index contributed by atoms with van der Waals surface area (Å²) in [5.41, 5.74) is 7.80. The quantitative estimate of drug-likeness (QED) is 0.548. The number of hydrogen-bond donors (Lipinski definition) is 2. The van der Waals surface area contributed by atoms with Crippen LogP contribution in [0.15, 0.2) is 36.9 Å². The Morgan fingerprint density at radius 3 is 2.56 bits per heavy atom. The van der Waals surface area contributed by atoms with Gasteiger partial charge < -0.3 is 10.8 Å². The van der Waals surface area contributed by atoms with Crippen LogP contribution in [0, 0.1) is 0 Å². The van der Waals surface area contributed by atoms with Gasteiger partial charge in [0.1, 0.15) is 0 Å². The molecule has 1 unspecified atom stereocenters. The second-order valence-corrected chi connectivity index (χ2v) is 4.67. The van der Waals surface area contributed by atoms with E-state index in [-0.39, 0.29) is 6.61 Å². The molecule has 3 N–H and O–H groups in total. The van der Waals surface area contributed by atoms with Crippen molar-refractivity contribution < 1.29 is 5.11 Å². The third-order valence-electron chi connectivity index (χ3n) is 3.19. The van der Waals surface area contributed by atoms with E-state index in [1.807, 2.05) is 18.2 Å². The minimum absolute atomic E-state index is 0.199. The zero-order valence-corrected chi connectivity index (χ0v) is 11.2. The number of aliphatic hydroxyl groups excluding tert-OH is 1. The predicted molar refractivity (Wildman–Crippen MR) is 77.6 cm³/mol. The normalized spacial score (nSPS) is 12.6. The molecular formula is C15H24N2O. The SMILES string of the molecule is C=CCN(CCO)CCC(C)c1ccc(N)cc1. The molecular weight excluding hydrogens is 224 g/mol. The van der Waals surface area contributed by atoms with E-state index in [1.165, 1.54) is 5.56 Å². The van der Waals surface area contributed by atoms with E-state index < -0.39 is 0 Å². The molecule has 0 amide bonds. The van der Waals surface area contributed by atoms with Crippen LogP contribution in [0.2, 0.25) is 0 Å². The van der Waals surface area contributed by atoms with Gasteiger partial charge in [0, 0.05) is 18.8 Å². The van der Waals surface area contributed by atoms with Gasteiger partial charge >= 0.3 is 0 Å². The molecule has 0 fully saturated rings. The molecule has 0 saturated heterocycles. The van der Waals surface area contributed by atoms with E-state index in [1.54, 1.807) is 0 Å². The molecule has 100 valence electrons. The molecule has 0 aliphatic heterocycles. The summed E-state index contributed by atoms with van der Waals surface area (Å²) in [6, 6.07) is 8.07. The van der Waals surface area contributed by atoms with Gasteiger partial charge in [0.05, 0.1) is 6.61 Å². The number of rotatable bonds is 8. The topological polar surface area (TPSA) is 49.5 Å². The zero-order chi connectivity index (χ0) is 13.4. The molecule has 1 rings (SSSR count). The van der Waals surface area contributed by atoms with Gasteiger partial charge in [-0.05, 0) is 36.6 Å². The number of anilines is 1. The van der Waals surface area contributed by atoms with Gasteiger partial charge in [0.2, 0.25) is 0 Å². The predicted octanol–water partition coefficient (Wildman–Crippen LogP) is 2.24. The van der Waals surface area contributed by atoms with E-state index in [2.05, 4.69) is 30.5 Å². The number of nitrogens with zero attached hydrogens (tertiary/aromatic N) is 1. The third kappa shape index (κ3) is 4.90. The molecule has 1 atom stereocenters. The highest BCUT2D eigenvalue weighted by Crippen LogP contribution is 2.20. The van der Waals surface area contributed by atoms with Gasteiger partial charge in [-0.25, -0.2) is 0 Å². The highest BCUT2D eigenvalue weighted by atomic mass is 16.3. The molecule has 0 aliphatic carbocycles. The first kappa shape index (κ1) is 14.7. The average molecular weight is 248 g/mol. The van der Waals surface area contributed by atoms with Crippen LogP contribution in [0.5, 0.6) is 0 Å². The van der Waals surface area contributed by atoms with Crippen molar-refractivity contribution in [3.05, 3.63) is 42.5 Å². The van der Waals surface area contributed by atoms with E-state index in [9.17, 15) is 0 Å². The summed E-state index contributed by atoms with van der Waals surface area (Å²) < 4.78 is 0. The Morgan fingerprint density at radius 2 is 2.00 bits per heavy atom. The summed E-state index contributed by atoms with van der Waals surface area (Å²) in [6.07, 6.45) is 2.95.